The van der Waals surface area contributed by atoms with Crippen LogP contribution in [-0.2, 0) is 14.8 Å². The summed E-state index contributed by atoms with van der Waals surface area (Å²) in [5.41, 5.74) is 5.48. The van der Waals surface area contributed by atoms with E-state index in [0.717, 1.165) is 11.1 Å². The van der Waals surface area contributed by atoms with Gasteiger partial charge in [-0.05, 0) is 36.2 Å². The van der Waals surface area contributed by atoms with E-state index in [-0.39, 0.29) is 11.5 Å². The fourth-order valence-corrected chi connectivity index (χ4v) is 3.24. The zero-order valence-electron chi connectivity index (χ0n) is 16.3. The van der Waals surface area contributed by atoms with Crippen LogP contribution in [0, 0.1) is 0 Å². The average molecular weight is 423 g/mol. The van der Waals surface area contributed by atoms with Gasteiger partial charge in [0.2, 0.25) is 10.0 Å². The number of sulfonamides is 1. The van der Waals surface area contributed by atoms with Crippen LogP contribution in [0.15, 0.2) is 88.9 Å². The Morgan fingerprint density at radius 2 is 1.60 bits per heavy atom. The SMILES string of the molecule is C/C(=N\NC(=O)COc1ccccc1-c1ccccc1)c1ccc(S(N)(=O)=O)cc1. The summed E-state index contributed by atoms with van der Waals surface area (Å²) in [6, 6.07) is 23.1. The predicted molar refractivity (Wildman–Crippen MR) is 116 cm³/mol. The van der Waals surface area contributed by atoms with E-state index in [9.17, 15) is 13.2 Å². The van der Waals surface area contributed by atoms with Crippen LogP contribution in [0.1, 0.15) is 12.5 Å². The molecule has 0 fully saturated rings. The van der Waals surface area contributed by atoms with Crippen molar-refractivity contribution in [3.05, 3.63) is 84.4 Å². The number of hydrogen-bond donors (Lipinski definition) is 2. The standard InChI is InChI=1S/C22H21N3O4S/c1-16(17-11-13-19(14-12-17)30(23,27)28)24-25-22(26)15-29-21-10-6-5-9-20(21)18-7-3-2-4-8-18/h2-14H,15H2,1H3,(H,25,26)(H2,23,27,28)/b24-16+. The highest BCUT2D eigenvalue weighted by Gasteiger charge is 2.09. The van der Waals surface area contributed by atoms with Crippen molar-refractivity contribution in [2.24, 2.45) is 10.2 Å². The van der Waals surface area contributed by atoms with Crippen molar-refractivity contribution in [3.8, 4) is 16.9 Å². The van der Waals surface area contributed by atoms with Crippen LogP contribution in [0.4, 0.5) is 0 Å². The maximum atomic E-state index is 12.1. The molecule has 0 radical (unpaired) electrons. The van der Waals surface area contributed by atoms with Gasteiger partial charge in [0.15, 0.2) is 6.61 Å². The molecule has 3 aromatic carbocycles. The molecule has 3 N–H and O–H groups in total. The molecule has 0 saturated heterocycles. The molecule has 0 atom stereocenters. The van der Waals surface area contributed by atoms with Crippen LogP contribution in [0.25, 0.3) is 11.1 Å². The number of para-hydroxylation sites is 1. The van der Waals surface area contributed by atoms with Gasteiger partial charge >= 0.3 is 0 Å². The Morgan fingerprint density at radius 1 is 0.967 bits per heavy atom. The number of nitrogens with one attached hydrogen (secondary N) is 1. The van der Waals surface area contributed by atoms with Crippen LogP contribution in [0.2, 0.25) is 0 Å². The summed E-state index contributed by atoms with van der Waals surface area (Å²) >= 11 is 0. The molecular formula is C22H21N3O4S. The lowest BCUT2D eigenvalue weighted by Crippen LogP contribution is -2.25. The van der Waals surface area contributed by atoms with Gasteiger partial charge in [0.25, 0.3) is 5.91 Å². The highest BCUT2D eigenvalue weighted by atomic mass is 32.2. The number of ether oxygens (including phenoxy) is 1. The summed E-state index contributed by atoms with van der Waals surface area (Å²) in [7, 11) is -3.75. The summed E-state index contributed by atoms with van der Waals surface area (Å²) in [6.45, 7) is 1.49. The monoisotopic (exact) mass is 423 g/mol. The Hall–Kier alpha value is -3.49. The minimum atomic E-state index is -3.75. The van der Waals surface area contributed by atoms with E-state index in [1.54, 1.807) is 25.1 Å². The van der Waals surface area contributed by atoms with E-state index in [1.807, 2.05) is 48.5 Å². The van der Waals surface area contributed by atoms with E-state index in [4.69, 9.17) is 9.88 Å². The highest BCUT2D eigenvalue weighted by Crippen LogP contribution is 2.29. The molecule has 0 aliphatic carbocycles. The number of rotatable bonds is 7. The molecule has 0 unspecified atom stereocenters. The van der Waals surface area contributed by atoms with Crippen molar-refractivity contribution in [1.29, 1.82) is 0 Å². The van der Waals surface area contributed by atoms with Gasteiger partial charge in [0.1, 0.15) is 5.75 Å². The molecule has 0 aromatic heterocycles. The quantitative estimate of drug-likeness (QED) is 0.450. The van der Waals surface area contributed by atoms with Gasteiger partial charge in [-0.2, -0.15) is 5.10 Å². The first-order valence-electron chi connectivity index (χ1n) is 9.08. The van der Waals surface area contributed by atoms with Gasteiger partial charge in [-0.3, -0.25) is 4.79 Å². The van der Waals surface area contributed by atoms with Crippen LogP contribution in [0.5, 0.6) is 5.75 Å². The Labute approximate surface area is 175 Å². The highest BCUT2D eigenvalue weighted by molar-refractivity contribution is 7.89. The first-order chi connectivity index (χ1) is 14.3. The number of primary sulfonamides is 1. The average Bonchev–Trinajstić information content (AvgIpc) is 2.76. The molecular weight excluding hydrogens is 402 g/mol. The fourth-order valence-electron chi connectivity index (χ4n) is 2.72. The predicted octanol–water partition coefficient (Wildman–Crippen LogP) is 2.92. The topological polar surface area (TPSA) is 111 Å². The zero-order valence-corrected chi connectivity index (χ0v) is 17.1. The largest absolute Gasteiger partial charge is 0.483 e. The van der Waals surface area contributed by atoms with Crippen molar-refractivity contribution in [2.45, 2.75) is 11.8 Å². The van der Waals surface area contributed by atoms with Gasteiger partial charge in [-0.25, -0.2) is 19.0 Å². The van der Waals surface area contributed by atoms with Gasteiger partial charge < -0.3 is 4.74 Å². The number of hydrogen-bond acceptors (Lipinski definition) is 5. The van der Waals surface area contributed by atoms with Crippen molar-refractivity contribution < 1.29 is 17.9 Å². The van der Waals surface area contributed by atoms with Crippen molar-refractivity contribution in [1.82, 2.24) is 5.43 Å². The normalized spacial score (nSPS) is 11.7. The lowest BCUT2D eigenvalue weighted by Gasteiger charge is -2.11. The third-order valence-corrected chi connectivity index (χ3v) is 5.21. The number of amides is 1. The fraction of sp³-hybridized carbons (Fsp3) is 0.0909. The van der Waals surface area contributed by atoms with E-state index in [1.165, 1.54) is 12.1 Å². The van der Waals surface area contributed by atoms with Gasteiger partial charge in [-0.15, -0.1) is 0 Å². The molecule has 0 aliphatic heterocycles. The Kier molecular flexibility index (Phi) is 6.61. The van der Waals surface area contributed by atoms with Crippen molar-refractivity contribution in [3.63, 3.8) is 0 Å². The number of carbonyl (C=O) groups excluding carboxylic acids is 1. The molecule has 0 spiro atoms. The molecule has 154 valence electrons. The second kappa shape index (κ2) is 9.34. The molecule has 0 aliphatic rings. The number of nitrogens with zero attached hydrogens (tertiary/aromatic N) is 1. The molecule has 3 aromatic rings. The number of hydrazone groups is 1. The zero-order chi connectivity index (χ0) is 21.6. The molecule has 30 heavy (non-hydrogen) atoms. The minimum absolute atomic E-state index is 0.00793. The molecule has 3 rings (SSSR count). The maximum Gasteiger partial charge on any atom is 0.277 e. The van der Waals surface area contributed by atoms with Gasteiger partial charge in [0, 0.05) is 5.56 Å². The van der Waals surface area contributed by atoms with Crippen LogP contribution >= 0.6 is 0 Å². The molecule has 1 amide bonds. The van der Waals surface area contributed by atoms with E-state index in [0.29, 0.717) is 17.0 Å². The first kappa shape index (κ1) is 21.2. The Morgan fingerprint density at radius 3 is 2.27 bits per heavy atom. The summed E-state index contributed by atoms with van der Waals surface area (Å²) < 4.78 is 28.3. The van der Waals surface area contributed by atoms with Gasteiger partial charge in [-0.1, -0.05) is 60.7 Å². The van der Waals surface area contributed by atoms with Gasteiger partial charge in [0.05, 0.1) is 10.6 Å². The summed E-state index contributed by atoms with van der Waals surface area (Å²) in [6.07, 6.45) is 0. The summed E-state index contributed by atoms with van der Waals surface area (Å²) in [4.78, 5) is 12.2. The molecule has 7 nitrogen and oxygen atoms in total. The smallest absolute Gasteiger partial charge is 0.277 e. The maximum absolute atomic E-state index is 12.1. The minimum Gasteiger partial charge on any atom is -0.483 e. The first-order valence-corrected chi connectivity index (χ1v) is 10.6. The molecule has 8 heteroatoms. The second-order valence-electron chi connectivity index (χ2n) is 6.45. The van der Waals surface area contributed by atoms with Crippen LogP contribution in [0.3, 0.4) is 0 Å². The molecule has 0 heterocycles. The van der Waals surface area contributed by atoms with E-state index >= 15 is 0 Å². The van der Waals surface area contributed by atoms with Crippen molar-refractivity contribution >= 4 is 21.6 Å². The molecule has 0 bridgehead atoms. The van der Waals surface area contributed by atoms with E-state index in [2.05, 4.69) is 10.5 Å². The van der Waals surface area contributed by atoms with Crippen LogP contribution in [-0.4, -0.2) is 26.6 Å². The number of nitrogens with two attached hydrogens (primary N) is 1. The molecule has 0 saturated carbocycles. The van der Waals surface area contributed by atoms with E-state index < -0.39 is 15.9 Å². The van der Waals surface area contributed by atoms with Crippen molar-refractivity contribution in [2.75, 3.05) is 6.61 Å². The Balaban J connectivity index is 1.62. The Bertz CT molecular complexity index is 1160. The third-order valence-electron chi connectivity index (χ3n) is 4.28. The third kappa shape index (κ3) is 5.53. The summed E-state index contributed by atoms with van der Waals surface area (Å²) in [5, 5.41) is 9.12. The lowest BCUT2D eigenvalue weighted by atomic mass is 10.1. The number of carbonyl (C=O) groups is 1. The second-order valence-corrected chi connectivity index (χ2v) is 8.01. The van der Waals surface area contributed by atoms with Crippen LogP contribution < -0.4 is 15.3 Å². The number of benzene rings is 3. The summed E-state index contributed by atoms with van der Waals surface area (Å²) in [5.74, 6) is 0.177. The lowest BCUT2D eigenvalue weighted by molar-refractivity contribution is -0.123.